The van der Waals surface area contributed by atoms with Gasteiger partial charge in [0.25, 0.3) is 6.43 Å². The van der Waals surface area contributed by atoms with E-state index in [0.29, 0.717) is 0 Å². The molecular formula is C7H5F2NO2. The molecule has 0 saturated carbocycles. The zero-order valence-corrected chi connectivity index (χ0v) is 5.88. The van der Waals surface area contributed by atoms with Crippen LogP contribution in [0, 0.1) is 0 Å². The van der Waals surface area contributed by atoms with Crippen LogP contribution < -0.4 is 5.56 Å². The number of nitrogens with one attached hydrogen (secondary N) is 1. The summed E-state index contributed by atoms with van der Waals surface area (Å²) in [4.78, 5) is 22.8. The van der Waals surface area contributed by atoms with Gasteiger partial charge in [0.05, 0.1) is 0 Å². The molecule has 0 aliphatic heterocycles. The highest BCUT2D eigenvalue weighted by Gasteiger charge is 2.12. The highest BCUT2D eigenvalue weighted by Crippen LogP contribution is 2.19. The zero-order valence-electron chi connectivity index (χ0n) is 5.88. The SMILES string of the molecule is O=Cc1cc(=O)[nH]cc1C(F)F. The van der Waals surface area contributed by atoms with Crippen LogP contribution in [0.4, 0.5) is 8.78 Å². The molecule has 0 aromatic carbocycles. The normalized spacial score (nSPS) is 10.2. The Hall–Kier alpha value is -1.52. The van der Waals surface area contributed by atoms with Crippen molar-refractivity contribution >= 4 is 6.29 Å². The molecule has 12 heavy (non-hydrogen) atoms. The molecular weight excluding hydrogens is 168 g/mol. The van der Waals surface area contributed by atoms with E-state index in [1.54, 1.807) is 0 Å². The lowest BCUT2D eigenvalue weighted by Crippen LogP contribution is -2.08. The number of H-pyrrole nitrogens is 1. The molecule has 0 amide bonds. The fourth-order valence-corrected chi connectivity index (χ4v) is 0.789. The summed E-state index contributed by atoms with van der Waals surface area (Å²) in [6.07, 6.45) is -1.67. The van der Waals surface area contributed by atoms with E-state index in [9.17, 15) is 18.4 Å². The molecule has 1 aromatic heterocycles. The summed E-state index contributed by atoms with van der Waals surface area (Å²) in [6.45, 7) is 0. The Morgan fingerprint density at radius 1 is 1.50 bits per heavy atom. The van der Waals surface area contributed by atoms with E-state index >= 15 is 0 Å². The van der Waals surface area contributed by atoms with Crippen molar-refractivity contribution in [1.29, 1.82) is 0 Å². The monoisotopic (exact) mass is 173 g/mol. The average molecular weight is 173 g/mol. The Kier molecular flexibility index (Phi) is 2.32. The molecule has 1 rings (SSSR count). The molecule has 0 radical (unpaired) electrons. The van der Waals surface area contributed by atoms with Gasteiger partial charge in [-0.25, -0.2) is 8.78 Å². The number of aromatic amines is 1. The van der Waals surface area contributed by atoms with Crippen molar-refractivity contribution < 1.29 is 13.6 Å². The van der Waals surface area contributed by atoms with Gasteiger partial charge in [0, 0.05) is 23.4 Å². The van der Waals surface area contributed by atoms with E-state index in [1.165, 1.54) is 0 Å². The van der Waals surface area contributed by atoms with Crippen LogP contribution in [0.1, 0.15) is 22.3 Å². The second-order valence-electron chi connectivity index (χ2n) is 2.13. The van der Waals surface area contributed by atoms with Crippen molar-refractivity contribution in [1.82, 2.24) is 4.98 Å². The first-order chi connectivity index (χ1) is 5.65. The third kappa shape index (κ3) is 1.55. The van der Waals surface area contributed by atoms with Crippen LogP contribution in [0.3, 0.4) is 0 Å². The maximum Gasteiger partial charge on any atom is 0.265 e. The topological polar surface area (TPSA) is 49.9 Å². The van der Waals surface area contributed by atoms with Gasteiger partial charge in [-0.1, -0.05) is 0 Å². The molecule has 0 aliphatic carbocycles. The number of aromatic nitrogens is 1. The van der Waals surface area contributed by atoms with E-state index in [0.717, 1.165) is 12.3 Å². The van der Waals surface area contributed by atoms with E-state index in [4.69, 9.17) is 0 Å². The molecule has 0 aliphatic rings. The van der Waals surface area contributed by atoms with Gasteiger partial charge < -0.3 is 4.98 Å². The quantitative estimate of drug-likeness (QED) is 0.681. The third-order valence-corrected chi connectivity index (χ3v) is 1.35. The van der Waals surface area contributed by atoms with Crippen molar-refractivity contribution in [2.45, 2.75) is 6.43 Å². The summed E-state index contributed by atoms with van der Waals surface area (Å²) >= 11 is 0. The summed E-state index contributed by atoms with van der Waals surface area (Å²) in [5, 5.41) is 0. The van der Waals surface area contributed by atoms with Gasteiger partial charge in [-0.05, 0) is 0 Å². The molecule has 1 N–H and O–H groups in total. The second kappa shape index (κ2) is 3.25. The first-order valence-electron chi connectivity index (χ1n) is 3.11. The number of rotatable bonds is 2. The maximum atomic E-state index is 12.1. The minimum Gasteiger partial charge on any atom is -0.329 e. The van der Waals surface area contributed by atoms with Gasteiger partial charge in [0.2, 0.25) is 5.56 Å². The molecule has 0 spiro atoms. The van der Waals surface area contributed by atoms with E-state index in [1.807, 2.05) is 0 Å². The molecule has 0 saturated heterocycles. The number of hydrogen-bond acceptors (Lipinski definition) is 2. The zero-order chi connectivity index (χ0) is 9.14. The van der Waals surface area contributed by atoms with Crippen LogP contribution in [-0.4, -0.2) is 11.3 Å². The fraction of sp³-hybridized carbons (Fsp3) is 0.143. The average Bonchev–Trinajstić information content (AvgIpc) is 2.03. The molecule has 1 heterocycles. The van der Waals surface area contributed by atoms with E-state index in [2.05, 4.69) is 4.98 Å². The number of halogens is 2. The van der Waals surface area contributed by atoms with Gasteiger partial charge in [0.1, 0.15) is 0 Å². The molecule has 1 aromatic rings. The number of carbonyl (C=O) groups is 1. The van der Waals surface area contributed by atoms with E-state index < -0.39 is 17.5 Å². The molecule has 0 atom stereocenters. The van der Waals surface area contributed by atoms with Gasteiger partial charge in [-0.3, -0.25) is 9.59 Å². The number of aldehydes is 1. The van der Waals surface area contributed by atoms with Crippen molar-refractivity contribution in [2.24, 2.45) is 0 Å². The highest BCUT2D eigenvalue weighted by atomic mass is 19.3. The number of hydrogen-bond donors (Lipinski definition) is 1. The predicted molar refractivity (Wildman–Crippen MR) is 37.4 cm³/mol. The lowest BCUT2D eigenvalue weighted by atomic mass is 10.2. The molecule has 5 heteroatoms. The van der Waals surface area contributed by atoms with Crippen molar-refractivity contribution in [3.63, 3.8) is 0 Å². The smallest absolute Gasteiger partial charge is 0.265 e. The minimum absolute atomic E-state index is 0.233. The number of alkyl halides is 2. The van der Waals surface area contributed by atoms with Crippen LogP contribution in [0.2, 0.25) is 0 Å². The first kappa shape index (κ1) is 8.58. The lowest BCUT2D eigenvalue weighted by molar-refractivity contribution is 0.110. The number of carbonyl (C=O) groups excluding carboxylic acids is 1. The summed E-state index contributed by atoms with van der Waals surface area (Å²) in [5.74, 6) is 0. The molecule has 64 valence electrons. The number of pyridine rings is 1. The van der Waals surface area contributed by atoms with Crippen LogP contribution in [0.5, 0.6) is 0 Å². The Bertz CT molecular complexity index is 346. The van der Waals surface area contributed by atoms with Crippen LogP contribution in [0.15, 0.2) is 17.1 Å². The first-order valence-corrected chi connectivity index (χ1v) is 3.11. The van der Waals surface area contributed by atoms with Crippen molar-refractivity contribution in [3.05, 3.63) is 33.7 Å². The summed E-state index contributed by atoms with van der Waals surface area (Å²) in [6, 6.07) is 0.842. The van der Waals surface area contributed by atoms with Crippen LogP contribution in [-0.2, 0) is 0 Å². The molecule has 0 fully saturated rings. The Morgan fingerprint density at radius 2 is 2.17 bits per heavy atom. The minimum atomic E-state index is -2.75. The second-order valence-corrected chi connectivity index (χ2v) is 2.13. The fourth-order valence-electron chi connectivity index (χ4n) is 0.789. The van der Waals surface area contributed by atoms with E-state index in [-0.39, 0.29) is 11.8 Å². The third-order valence-electron chi connectivity index (χ3n) is 1.35. The van der Waals surface area contributed by atoms with Gasteiger partial charge in [-0.2, -0.15) is 0 Å². The Labute approximate surface area is 66.0 Å². The van der Waals surface area contributed by atoms with Crippen LogP contribution >= 0.6 is 0 Å². The van der Waals surface area contributed by atoms with Crippen molar-refractivity contribution in [2.75, 3.05) is 0 Å². The predicted octanol–water partition coefficient (Wildman–Crippen LogP) is 1.12. The van der Waals surface area contributed by atoms with Gasteiger partial charge in [0.15, 0.2) is 6.29 Å². The Balaban J connectivity index is 3.29. The van der Waals surface area contributed by atoms with Gasteiger partial charge in [-0.15, -0.1) is 0 Å². The summed E-state index contributed by atoms with van der Waals surface area (Å²) < 4.78 is 24.1. The van der Waals surface area contributed by atoms with Crippen LogP contribution in [0.25, 0.3) is 0 Å². The van der Waals surface area contributed by atoms with Gasteiger partial charge >= 0.3 is 0 Å². The Morgan fingerprint density at radius 3 is 2.67 bits per heavy atom. The molecule has 0 bridgehead atoms. The van der Waals surface area contributed by atoms with Crippen molar-refractivity contribution in [3.8, 4) is 0 Å². The molecule has 3 nitrogen and oxygen atoms in total. The largest absolute Gasteiger partial charge is 0.329 e. The maximum absolute atomic E-state index is 12.1. The summed E-state index contributed by atoms with van der Waals surface area (Å²) in [5.41, 5.74) is -1.29. The summed E-state index contributed by atoms with van der Waals surface area (Å²) in [7, 11) is 0. The standard InChI is InChI=1S/C7H5F2NO2/c8-7(9)5-2-10-6(12)1-4(5)3-11/h1-3,7H,(H,10,12). The molecule has 0 unspecified atom stereocenters. The lowest BCUT2D eigenvalue weighted by Gasteiger charge is -2.00. The highest BCUT2D eigenvalue weighted by molar-refractivity contribution is 5.76.